The summed E-state index contributed by atoms with van der Waals surface area (Å²) in [6.45, 7) is 16.4. The number of para-hydroxylation sites is 1. The minimum absolute atomic E-state index is 0.380. The van der Waals surface area contributed by atoms with Crippen molar-refractivity contribution in [2.45, 2.75) is 40.5 Å². The summed E-state index contributed by atoms with van der Waals surface area (Å²) < 4.78 is 5.61. The summed E-state index contributed by atoms with van der Waals surface area (Å²) in [6, 6.07) is 7.45. The second-order valence-electron chi connectivity index (χ2n) is 7.29. The monoisotopic (exact) mass is 354 g/mol. The summed E-state index contributed by atoms with van der Waals surface area (Å²) in [7, 11) is 0. The van der Waals surface area contributed by atoms with Crippen molar-refractivity contribution < 1.29 is 4.74 Å². The van der Waals surface area contributed by atoms with Gasteiger partial charge in [-0.15, -0.1) is 6.58 Å². The maximum absolute atomic E-state index is 11.4. The Bertz CT molecular complexity index is 811. The zero-order valence-corrected chi connectivity index (χ0v) is 16.3. The molecule has 0 unspecified atom stereocenters. The molecule has 0 radical (unpaired) electrons. The first-order valence-corrected chi connectivity index (χ1v) is 8.78. The maximum atomic E-state index is 11.4. The molecule has 0 aliphatic heterocycles. The number of nitrogens with one attached hydrogen (secondary N) is 1. The van der Waals surface area contributed by atoms with Gasteiger partial charge in [-0.05, 0) is 30.9 Å². The molecule has 0 saturated heterocycles. The van der Waals surface area contributed by atoms with E-state index in [1.54, 1.807) is 6.08 Å². The Hall–Kier alpha value is -2.62. The minimum atomic E-state index is -0.396. The molecule has 1 aromatic carbocycles. The summed E-state index contributed by atoms with van der Waals surface area (Å²) in [5, 5.41) is 0.812. The third-order valence-corrected chi connectivity index (χ3v) is 3.50. The number of benzene rings is 1. The molecule has 0 aliphatic carbocycles. The van der Waals surface area contributed by atoms with Crippen LogP contribution in [0, 0.1) is 5.41 Å². The van der Waals surface area contributed by atoms with Crippen molar-refractivity contribution in [3.05, 3.63) is 71.7 Å². The molecule has 0 fully saturated rings. The van der Waals surface area contributed by atoms with Crippen LogP contribution in [0.3, 0.4) is 0 Å². The van der Waals surface area contributed by atoms with Gasteiger partial charge in [-0.25, -0.2) is 4.79 Å². The first-order chi connectivity index (χ1) is 12.3. The number of aromatic nitrogens is 2. The molecule has 4 heteroatoms. The van der Waals surface area contributed by atoms with Gasteiger partial charge < -0.3 is 9.72 Å². The van der Waals surface area contributed by atoms with E-state index in [9.17, 15) is 4.79 Å². The highest BCUT2D eigenvalue weighted by Gasteiger charge is 2.06. The van der Waals surface area contributed by atoms with Crippen molar-refractivity contribution in [3.63, 3.8) is 0 Å². The van der Waals surface area contributed by atoms with Crippen molar-refractivity contribution in [3.8, 4) is 5.88 Å². The quantitative estimate of drug-likeness (QED) is 0.555. The number of rotatable bonds is 6. The van der Waals surface area contributed by atoms with Crippen LogP contribution in [-0.4, -0.2) is 16.6 Å². The first kappa shape index (κ1) is 21.4. The van der Waals surface area contributed by atoms with Crippen LogP contribution in [0.1, 0.15) is 40.5 Å². The summed E-state index contributed by atoms with van der Waals surface area (Å²) in [4.78, 5) is 18.0. The maximum Gasteiger partial charge on any atom is 0.348 e. The van der Waals surface area contributed by atoms with Crippen molar-refractivity contribution in [2.75, 3.05) is 6.61 Å². The summed E-state index contributed by atoms with van der Waals surface area (Å²) in [5.41, 5.74) is 1.94. The van der Waals surface area contributed by atoms with Gasteiger partial charge in [0.15, 0.2) is 0 Å². The van der Waals surface area contributed by atoms with Crippen LogP contribution >= 0.6 is 0 Å². The molecule has 0 atom stereocenters. The first-order valence-electron chi connectivity index (χ1n) is 8.78. The Morgan fingerprint density at radius 2 is 1.96 bits per heavy atom. The van der Waals surface area contributed by atoms with Gasteiger partial charge in [-0.3, -0.25) is 0 Å². The van der Waals surface area contributed by atoms with Crippen LogP contribution < -0.4 is 10.4 Å². The van der Waals surface area contributed by atoms with E-state index >= 15 is 0 Å². The number of hydrogen-bond donors (Lipinski definition) is 1. The largest absolute Gasteiger partial charge is 0.477 e. The van der Waals surface area contributed by atoms with Crippen LogP contribution in [0.15, 0.2) is 66.0 Å². The van der Waals surface area contributed by atoms with Crippen molar-refractivity contribution in [1.82, 2.24) is 9.97 Å². The molecular formula is C22H30N2O2. The van der Waals surface area contributed by atoms with Gasteiger partial charge in [0.05, 0.1) is 17.5 Å². The van der Waals surface area contributed by atoms with E-state index in [4.69, 9.17) is 4.74 Å². The standard InChI is InChI=1S/C15H16N2O2.C7H14/c1-3-6-11(2)9-10-19-14-12-7-4-5-8-13(12)16-15(18)17-14;1-5-6-7(2,3)4/h3-8H,1,9-10H2,2H3,(H,16,17,18);5H,1,6H2,2-4H3/b11-6+;. The fourth-order valence-electron chi connectivity index (χ4n) is 2.21. The minimum Gasteiger partial charge on any atom is -0.477 e. The molecular weight excluding hydrogens is 324 g/mol. The Kier molecular flexibility index (Phi) is 8.56. The highest BCUT2D eigenvalue weighted by molar-refractivity contribution is 5.82. The van der Waals surface area contributed by atoms with Crippen LogP contribution in [0.4, 0.5) is 0 Å². The third kappa shape index (κ3) is 7.97. The van der Waals surface area contributed by atoms with E-state index in [1.807, 2.05) is 43.3 Å². The number of fused-ring (bicyclic) bond motifs is 1. The van der Waals surface area contributed by atoms with E-state index in [0.29, 0.717) is 17.9 Å². The lowest BCUT2D eigenvalue weighted by molar-refractivity contribution is 0.312. The molecule has 2 rings (SSSR count). The van der Waals surface area contributed by atoms with Crippen LogP contribution in [-0.2, 0) is 0 Å². The molecule has 2 aromatic rings. The van der Waals surface area contributed by atoms with Gasteiger partial charge in [-0.1, -0.05) is 63.3 Å². The van der Waals surface area contributed by atoms with Gasteiger partial charge in [0, 0.05) is 6.42 Å². The molecule has 1 N–H and O–H groups in total. The average Bonchev–Trinajstić information content (AvgIpc) is 2.54. The fraction of sp³-hybridized carbons (Fsp3) is 0.364. The smallest absolute Gasteiger partial charge is 0.348 e. The molecule has 4 nitrogen and oxygen atoms in total. The van der Waals surface area contributed by atoms with E-state index in [0.717, 1.165) is 23.7 Å². The van der Waals surface area contributed by atoms with Crippen LogP contribution in [0.5, 0.6) is 5.88 Å². The molecule has 0 saturated carbocycles. The molecule has 0 amide bonds. The highest BCUT2D eigenvalue weighted by Crippen LogP contribution is 2.19. The average molecular weight is 354 g/mol. The number of hydrogen-bond acceptors (Lipinski definition) is 3. The van der Waals surface area contributed by atoms with Gasteiger partial charge in [-0.2, -0.15) is 4.98 Å². The predicted octanol–water partition coefficient (Wildman–Crippen LogP) is 5.43. The van der Waals surface area contributed by atoms with Gasteiger partial charge in [0.25, 0.3) is 0 Å². The van der Waals surface area contributed by atoms with E-state index in [1.165, 1.54) is 5.57 Å². The summed E-state index contributed by atoms with van der Waals surface area (Å²) in [6.07, 6.45) is 7.52. The van der Waals surface area contributed by atoms with E-state index in [2.05, 4.69) is 43.9 Å². The number of H-pyrrole nitrogens is 1. The zero-order valence-electron chi connectivity index (χ0n) is 16.3. The lowest BCUT2D eigenvalue weighted by Crippen LogP contribution is -2.12. The van der Waals surface area contributed by atoms with Crippen molar-refractivity contribution in [1.29, 1.82) is 0 Å². The third-order valence-electron chi connectivity index (χ3n) is 3.50. The lowest BCUT2D eigenvalue weighted by atomic mass is 9.93. The highest BCUT2D eigenvalue weighted by atomic mass is 16.5. The Morgan fingerprint density at radius 3 is 2.54 bits per heavy atom. The molecule has 1 heterocycles. The molecule has 0 spiro atoms. The van der Waals surface area contributed by atoms with E-state index < -0.39 is 5.69 Å². The van der Waals surface area contributed by atoms with Crippen molar-refractivity contribution in [2.24, 2.45) is 5.41 Å². The number of ether oxygens (including phenoxy) is 1. The second kappa shape index (κ2) is 10.4. The fourth-order valence-corrected chi connectivity index (χ4v) is 2.21. The Labute approximate surface area is 156 Å². The molecule has 26 heavy (non-hydrogen) atoms. The summed E-state index contributed by atoms with van der Waals surface area (Å²) in [5.74, 6) is 0.380. The topological polar surface area (TPSA) is 55.0 Å². The zero-order chi connectivity index (χ0) is 19.6. The number of aromatic amines is 1. The van der Waals surface area contributed by atoms with Gasteiger partial charge >= 0.3 is 5.69 Å². The predicted molar refractivity (Wildman–Crippen MR) is 111 cm³/mol. The normalized spacial score (nSPS) is 11.5. The van der Waals surface area contributed by atoms with Crippen molar-refractivity contribution >= 4 is 10.9 Å². The van der Waals surface area contributed by atoms with Crippen LogP contribution in [0.2, 0.25) is 0 Å². The number of allylic oxidation sites excluding steroid dienone is 3. The molecule has 140 valence electrons. The molecule has 0 bridgehead atoms. The molecule has 0 aliphatic rings. The van der Waals surface area contributed by atoms with Gasteiger partial charge in [0.1, 0.15) is 0 Å². The lowest BCUT2D eigenvalue weighted by Gasteiger charge is -2.13. The number of nitrogens with zero attached hydrogens (tertiary/aromatic N) is 1. The van der Waals surface area contributed by atoms with Gasteiger partial charge in [0.2, 0.25) is 5.88 Å². The summed E-state index contributed by atoms with van der Waals surface area (Å²) >= 11 is 0. The Morgan fingerprint density at radius 1 is 1.27 bits per heavy atom. The SMILES string of the molecule is C=C/C=C(\C)CCOc1nc(=O)[nH]c2ccccc12.C=CCC(C)(C)C. The van der Waals surface area contributed by atoms with Crippen LogP contribution in [0.25, 0.3) is 10.9 Å². The van der Waals surface area contributed by atoms with E-state index in [-0.39, 0.29) is 0 Å². The Balaban J connectivity index is 0.000000412. The second-order valence-corrected chi connectivity index (χ2v) is 7.29. The molecule has 1 aromatic heterocycles.